The van der Waals surface area contributed by atoms with E-state index in [9.17, 15) is 9.59 Å². The van der Waals surface area contributed by atoms with Crippen molar-refractivity contribution in [1.29, 1.82) is 0 Å². The first-order chi connectivity index (χ1) is 12.0. The van der Waals surface area contributed by atoms with Crippen LogP contribution in [-0.4, -0.2) is 22.4 Å². The van der Waals surface area contributed by atoms with E-state index < -0.39 is 17.4 Å². The van der Waals surface area contributed by atoms with E-state index >= 15 is 0 Å². The first kappa shape index (κ1) is 16.1. The first-order valence-electron chi connectivity index (χ1n) is 8.37. The van der Waals surface area contributed by atoms with Gasteiger partial charge in [-0.25, -0.2) is 4.98 Å². The molecule has 0 bridgehead atoms. The number of hydrogen-bond donors (Lipinski definition) is 2. The third kappa shape index (κ3) is 2.78. The van der Waals surface area contributed by atoms with Crippen LogP contribution in [0, 0.1) is 6.92 Å². The number of ether oxygens (including phenoxy) is 1. The van der Waals surface area contributed by atoms with E-state index in [0.717, 1.165) is 36.9 Å². The highest BCUT2D eigenvalue weighted by molar-refractivity contribution is 7.15. The zero-order chi connectivity index (χ0) is 17.6. The Labute approximate surface area is 149 Å². The second-order valence-corrected chi connectivity index (χ2v) is 7.72. The standard InChI is InChI=1S/C18H19N3O3S/c1-10-7-8-13-12(9-10)19-15(22)18(2,24-13)16(23)21-17-20-11-5-3-4-6-14(11)25-17/h7-9H,3-6H2,1-2H3,(H,19,22)(H,20,21,23). The minimum Gasteiger partial charge on any atom is -0.466 e. The number of aromatic nitrogens is 1. The molecule has 2 amide bonds. The summed E-state index contributed by atoms with van der Waals surface area (Å²) >= 11 is 1.48. The van der Waals surface area contributed by atoms with E-state index in [4.69, 9.17) is 4.74 Å². The number of aryl methyl sites for hydroxylation is 3. The Hall–Kier alpha value is -2.41. The van der Waals surface area contributed by atoms with Gasteiger partial charge in [-0.3, -0.25) is 14.9 Å². The Morgan fingerprint density at radius 3 is 2.96 bits per heavy atom. The van der Waals surface area contributed by atoms with Gasteiger partial charge in [0, 0.05) is 4.88 Å². The Bertz CT molecular complexity index is 853. The Balaban J connectivity index is 1.57. The van der Waals surface area contributed by atoms with Gasteiger partial charge in [-0.2, -0.15) is 0 Å². The molecule has 2 N–H and O–H groups in total. The molecular weight excluding hydrogens is 338 g/mol. The maximum Gasteiger partial charge on any atom is 0.280 e. The van der Waals surface area contributed by atoms with Gasteiger partial charge in [-0.1, -0.05) is 6.07 Å². The van der Waals surface area contributed by atoms with Crippen LogP contribution in [0.3, 0.4) is 0 Å². The van der Waals surface area contributed by atoms with Gasteiger partial charge in [-0.05, 0) is 57.2 Å². The van der Waals surface area contributed by atoms with Crippen LogP contribution in [0.1, 0.15) is 35.9 Å². The van der Waals surface area contributed by atoms with Gasteiger partial charge in [0.05, 0.1) is 11.4 Å². The molecule has 0 saturated heterocycles. The van der Waals surface area contributed by atoms with Crippen LogP contribution in [-0.2, 0) is 22.4 Å². The van der Waals surface area contributed by atoms with Crippen molar-refractivity contribution in [1.82, 2.24) is 4.98 Å². The van der Waals surface area contributed by atoms with Crippen LogP contribution in [0.15, 0.2) is 18.2 Å². The summed E-state index contributed by atoms with van der Waals surface area (Å²) in [5, 5.41) is 6.06. The molecule has 1 aliphatic heterocycles. The van der Waals surface area contributed by atoms with Crippen molar-refractivity contribution in [2.75, 3.05) is 10.6 Å². The molecule has 1 aliphatic carbocycles. The number of rotatable bonds is 2. The highest BCUT2D eigenvalue weighted by atomic mass is 32.1. The second kappa shape index (κ2) is 5.84. The summed E-state index contributed by atoms with van der Waals surface area (Å²) in [4.78, 5) is 31.0. The van der Waals surface area contributed by atoms with Crippen molar-refractivity contribution in [2.45, 2.75) is 45.1 Å². The van der Waals surface area contributed by atoms with Crippen molar-refractivity contribution in [3.05, 3.63) is 34.3 Å². The van der Waals surface area contributed by atoms with E-state index in [1.54, 1.807) is 6.07 Å². The molecule has 2 heterocycles. The van der Waals surface area contributed by atoms with Gasteiger partial charge in [0.25, 0.3) is 17.4 Å². The predicted octanol–water partition coefficient (Wildman–Crippen LogP) is 3.06. The molecule has 1 aromatic heterocycles. The van der Waals surface area contributed by atoms with Crippen LogP contribution >= 0.6 is 11.3 Å². The smallest absolute Gasteiger partial charge is 0.280 e. The van der Waals surface area contributed by atoms with Crippen LogP contribution in [0.25, 0.3) is 0 Å². The summed E-state index contributed by atoms with van der Waals surface area (Å²) in [6.07, 6.45) is 4.23. The number of nitrogens with one attached hydrogen (secondary N) is 2. The van der Waals surface area contributed by atoms with Gasteiger partial charge in [0.2, 0.25) is 0 Å². The number of amides is 2. The Morgan fingerprint density at radius 1 is 1.36 bits per heavy atom. The number of thiazole rings is 1. The van der Waals surface area contributed by atoms with E-state index in [1.807, 2.05) is 19.1 Å². The summed E-state index contributed by atoms with van der Waals surface area (Å²) in [5.41, 5.74) is 1.02. The van der Waals surface area contributed by atoms with Crippen molar-refractivity contribution in [3.63, 3.8) is 0 Å². The highest BCUT2D eigenvalue weighted by Gasteiger charge is 2.47. The summed E-state index contributed by atoms with van der Waals surface area (Å²) < 4.78 is 5.78. The molecule has 7 heteroatoms. The fraction of sp³-hybridized carbons (Fsp3) is 0.389. The lowest BCUT2D eigenvalue weighted by Gasteiger charge is -2.33. The summed E-state index contributed by atoms with van der Waals surface area (Å²) in [7, 11) is 0. The van der Waals surface area contributed by atoms with E-state index in [2.05, 4.69) is 15.6 Å². The molecule has 0 radical (unpaired) electrons. The average molecular weight is 357 g/mol. The van der Waals surface area contributed by atoms with Crippen LogP contribution in [0.5, 0.6) is 5.75 Å². The van der Waals surface area contributed by atoms with E-state index in [0.29, 0.717) is 16.6 Å². The summed E-state index contributed by atoms with van der Waals surface area (Å²) in [6.45, 7) is 3.41. The highest BCUT2D eigenvalue weighted by Crippen LogP contribution is 2.35. The lowest BCUT2D eigenvalue weighted by molar-refractivity contribution is -0.143. The molecule has 0 fully saturated rings. The number of anilines is 2. The van der Waals surface area contributed by atoms with Crippen LogP contribution in [0.4, 0.5) is 10.8 Å². The quantitative estimate of drug-likeness (QED) is 0.810. The third-order valence-electron chi connectivity index (χ3n) is 4.63. The van der Waals surface area contributed by atoms with E-state index in [-0.39, 0.29) is 0 Å². The van der Waals surface area contributed by atoms with E-state index in [1.165, 1.54) is 23.1 Å². The van der Waals surface area contributed by atoms with Gasteiger partial charge < -0.3 is 10.1 Å². The molecule has 1 unspecified atom stereocenters. The number of hydrogen-bond acceptors (Lipinski definition) is 5. The zero-order valence-corrected chi connectivity index (χ0v) is 15.0. The molecule has 1 aromatic carbocycles. The molecular formula is C18H19N3O3S. The van der Waals surface area contributed by atoms with Crippen molar-refractivity contribution < 1.29 is 14.3 Å². The molecule has 6 nitrogen and oxygen atoms in total. The first-order valence-corrected chi connectivity index (χ1v) is 9.18. The van der Waals surface area contributed by atoms with Gasteiger partial charge in [-0.15, -0.1) is 11.3 Å². The lowest BCUT2D eigenvalue weighted by Crippen LogP contribution is -2.56. The fourth-order valence-electron chi connectivity index (χ4n) is 3.11. The summed E-state index contributed by atoms with van der Waals surface area (Å²) in [5.74, 6) is -0.506. The Kier molecular flexibility index (Phi) is 3.76. The molecule has 0 spiro atoms. The number of fused-ring (bicyclic) bond motifs is 2. The maximum absolute atomic E-state index is 12.8. The summed E-state index contributed by atoms with van der Waals surface area (Å²) in [6, 6.07) is 5.46. The maximum atomic E-state index is 12.8. The minimum atomic E-state index is -1.63. The molecule has 1 atom stereocenters. The number of nitrogens with zero attached hydrogens (tertiary/aromatic N) is 1. The Morgan fingerprint density at radius 2 is 2.16 bits per heavy atom. The van der Waals surface area contributed by atoms with Crippen LogP contribution < -0.4 is 15.4 Å². The molecule has 4 rings (SSSR count). The number of carbonyl (C=O) groups excluding carboxylic acids is 2. The van der Waals surface area contributed by atoms with Crippen molar-refractivity contribution in [3.8, 4) is 5.75 Å². The normalized spacial score (nSPS) is 21.6. The minimum absolute atomic E-state index is 0.482. The van der Waals surface area contributed by atoms with Crippen LogP contribution in [0.2, 0.25) is 0 Å². The van der Waals surface area contributed by atoms with Crippen molar-refractivity contribution >= 4 is 34.0 Å². The zero-order valence-electron chi connectivity index (χ0n) is 14.1. The van der Waals surface area contributed by atoms with Gasteiger partial charge >= 0.3 is 0 Å². The molecule has 25 heavy (non-hydrogen) atoms. The number of benzene rings is 1. The molecule has 2 aromatic rings. The third-order valence-corrected chi connectivity index (χ3v) is 5.70. The van der Waals surface area contributed by atoms with Gasteiger partial charge in [0.1, 0.15) is 5.75 Å². The van der Waals surface area contributed by atoms with Gasteiger partial charge in [0.15, 0.2) is 5.13 Å². The van der Waals surface area contributed by atoms with Crippen molar-refractivity contribution in [2.24, 2.45) is 0 Å². The topological polar surface area (TPSA) is 80.3 Å². The largest absolute Gasteiger partial charge is 0.466 e. The fourth-order valence-corrected chi connectivity index (χ4v) is 4.15. The average Bonchev–Trinajstić information content (AvgIpc) is 2.98. The SMILES string of the molecule is Cc1ccc2c(c1)NC(=O)C(C)(C(=O)Nc1nc3c(s1)CCCC3)O2. The predicted molar refractivity (Wildman–Crippen MR) is 96.2 cm³/mol. The molecule has 0 saturated carbocycles. The monoisotopic (exact) mass is 357 g/mol. The number of carbonyl (C=O) groups is 2. The molecule has 130 valence electrons. The second-order valence-electron chi connectivity index (χ2n) is 6.64. The molecule has 2 aliphatic rings. The lowest BCUT2D eigenvalue weighted by atomic mass is 10.0.